The van der Waals surface area contributed by atoms with Gasteiger partial charge in [-0.2, -0.15) is 0 Å². The summed E-state index contributed by atoms with van der Waals surface area (Å²) in [7, 11) is 0. The predicted octanol–water partition coefficient (Wildman–Crippen LogP) is 6.02. The van der Waals surface area contributed by atoms with Crippen LogP contribution in [0.15, 0.2) is 0 Å². The van der Waals surface area contributed by atoms with Crippen molar-refractivity contribution in [3.63, 3.8) is 0 Å². The van der Waals surface area contributed by atoms with Gasteiger partial charge in [-0.15, -0.1) is 0 Å². The third-order valence-corrected chi connectivity index (χ3v) is 11.9. The highest BCUT2D eigenvalue weighted by molar-refractivity contribution is 5.74. The summed E-state index contributed by atoms with van der Waals surface area (Å²) in [6.07, 6.45) is 5.22. The molecule has 12 heteroatoms. The van der Waals surface area contributed by atoms with Gasteiger partial charge in [-0.25, -0.2) is 0 Å². The third-order valence-electron chi connectivity index (χ3n) is 11.9. The standard InChI is InChI=1S/C40H64O12/c1-21-17-29-9-13-34(49-29)26(6)38(42)46-23(3)19-31-11-15-36(51-31)28(8)40(44)48-24(4)20-32-12-16-35(52-32)27(7)39(43)47-22(2)18-30-10-14-33(50-30)25(5)37(41)45-21/h21-36H,9-20H2,1-8H3/t21-,22+,23+,24-,25-,26+,27+,28-,29-,30+,31+,32?,33-,34+,35?,36-/m1/s1. The van der Waals surface area contributed by atoms with Crippen LogP contribution in [-0.4, -0.2) is 97.1 Å². The molecule has 12 nitrogen and oxygen atoms in total. The zero-order valence-corrected chi connectivity index (χ0v) is 32.6. The van der Waals surface area contributed by atoms with E-state index in [0.29, 0.717) is 25.7 Å². The second kappa shape index (κ2) is 18.4. The van der Waals surface area contributed by atoms with Crippen molar-refractivity contribution in [2.45, 2.75) is 206 Å². The Bertz CT molecular complexity index is 1040. The lowest BCUT2D eigenvalue weighted by atomic mass is 10.00. The first-order valence-corrected chi connectivity index (χ1v) is 20.1. The molecule has 0 saturated carbocycles. The van der Waals surface area contributed by atoms with Gasteiger partial charge in [0.25, 0.3) is 0 Å². The molecule has 8 bridgehead atoms. The van der Waals surface area contributed by atoms with E-state index >= 15 is 0 Å². The summed E-state index contributed by atoms with van der Waals surface area (Å²) in [6.45, 7) is 14.9. The van der Waals surface area contributed by atoms with Gasteiger partial charge in [0.2, 0.25) is 0 Å². The maximum Gasteiger partial charge on any atom is 0.311 e. The molecule has 5 rings (SSSR count). The van der Waals surface area contributed by atoms with Crippen molar-refractivity contribution in [3.8, 4) is 0 Å². The van der Waals surface area contributed by atoms with E-state index in [-0.39, 0.29) is 97.1 Å². The lowest BCUT2D eigenvalue weighted by molar-refractivity contribution is -0.161. The average Bonchev–Trinajstić information content (AvgIpc) is 3.91. The molecule has 5 saturated heterocycles. The summed E-state index contributed by atoms with van der Waals surface area (Å²) in [4.78, 5) is 52.4. The van der Waals surface area contributed by atoms with Crippen LogP contribution in [0.25, 0.3) is 0 Å². The first-order chi connectivity index (χ1) is 24.7. The number of cyclic esters (lactones) is 4. The molecule has 0 spiro atoms. The Hall–Kier alpha value is -2.28. The number of hydrogen-bond donors (Lipinski definition) is 0. The van der Waals surface area contributed by atoms with Crippen molar-refractivity contribution in [3.05, 3.63) is 0 Å². The van der Waals surface area contributed by atoms with Crippen LogP contribution in [0.4, 0.5) is 0 Å². The Morgan fingerprint density at radius 1 is 0.327 bits per heavy atom. The molecule has 5 heterocycles. The summed E-state index contributed by atoms with van der Waals surface area (Å²) in [5.74, 6) is -2.93. The van der Waals surface area contributed by atoms with Gasteiger partial charge in [0.05, 0.1) is 72.5 Å². The highest BCUT2D eigenvalue weighted by Gasteiger charge is 2.41. The Morgan fingerprint density at radius 3 is 0.712 bits per heavy atom. The number of fused-ring (bicyclic) bond motifs is 8. The van der Waals surface area contributed by atoms with Crippen LogP contribution in [0, 0.1) is 23.7 Å². The summed E-state index contributed by atoms with van der Waals surface area (Å²) in [6, 6.07) is 0. The summed E-state index contributed by atoms with van der Waals surface area (Å²) >= 11 is 0. The minimum Gasteiger partial charge on any atom is -0.462 e. The van der Waals surface area contributed by atoms with Crippen LogP contribution < -0.4 is 0 Å². The van der Waals surface area contributed by atoms with Crippen molar-refractivity contribution in [2.24, 2.45) is 23.7 Å². The number of esters is 4. The van der Waals surface area contributed by atoms with E-state index in [2.05, 4.69) is 0 Å². The average molecular weight is 737 g/mol. The van der Waals surface area contributed by atoms with E-state index in [1.165, 1.54) is 0 Å². The van der Waals surface area contributed by atoms with E-state index in [1.54, 1.807) is 0 Å². The molecule has 5 aliphatic rings. The zero-order chi connectivity index (χ0) is 37.7. The highest BCUT2D eigenvalue weighted by atomic mass is 16.6. The molecule has 0 aromatic rings. The molecule has 0 N–H and O–H groups in total. The van der Waals surface area contributed by atoms with Gasteiger partial charge < -0.3 is 37.9 Å². The second-order valence-corrected chi connectivity index (χ2v) is 16.6. The van der Waals surface area contributed by atoms with Crippen LogP contribution in [0.5, 0.6) is 0 Å². The Balaban J connectivity index is 1.19. The summed E-state index contributed by atoms with van der Waals surface area (Å²) < 4.78 is 48.4. The Labute approximate surface area is 309 Å². The normalized spacial score (nSPS) is 45.2. The third kappa shape index (κ3) is 10.9. The van der Waals surface area contributed by atoms with Gasteiger partial charge in [-0.3, -0.25) is 19.2 Å². The van der Waals surface area contributed by atoms with Crippen molar-refractivity contribution < 1.29 is 57.1 Å². The first-order valence-electron chi connectivity index (χ1n) is 20.1. The lowest BCUT2D eigenvalue weighted by Crippen LogP contribution is -2.34. The largest absolute Gasteiger partial charge is 0.462 e. The number of carbonyl (C=O) groups is 4. The first kappa shape index (κ1) is 40.9. The topological polar surface area (TPSA) is 142 Å². The summed E-state index contributed by atoms with van der Waals surface area (Å²) in [5, 5.41) is 0. The van der Waals surface area contributed by atoms with E-state index < -0.39 is 23.7 Å². The number of hydrogen-bond acceptors (Lipinski definition) is 12. The van der Waals surface area contributed by atoms with Crippen molar-refractivity contribution >= 4 is 23.9 Å². The summed E-state index contributed by atoms with van der Waals surface area (Å²) in [5.41, 5.74) is 0. The zero-order valence-electron chi connectivity index (χ0n) is 32.6. The molecule has 0 aromatic carbocycles. The number of ether oxygens (including phenoxy) is 8. The molecule has 0 aromatic heterocycles. The monoisotopic (exact) mass is 736 g/mol. The fourth-order valence-electron chi connectivity index (χ4n) is 8.60. The molecule has 0 amide bonds. The van der Waals surface area contributed by atoms with Crippen LogP contribution in [0.2, 0.25) is 0 Å². The molecule has 52 heavy (non-hydrogen) atoms. The van der Waals surface area contributed by atoms with Crippen molar-refractivity contribution in [1.29, 1.82) is 0 Å². The van der Waals surface area contributed by atoms with Crippen LogP contribution in [0.1, 0.15) is 132 Å². The van der Waals surface area contributed by atoms with Gasteiger partial charge in [0.15, 0.2) is 0 Å². The second-order valence-electron chi connectivity index (χ2n) is 16.6. The molecule has 5 fully saturated rings. The van der Waals surface area contributed by atoms with Crippen molar-refractivity contribution in [2.75, 3.05) is 0 Å². The van der Waals surface area contributed by atoms with E-state index in [1.807, 2.05) is 55.4 Å². The van der Waals surface area contributed by atoms with Gasteiger partial charge in [0.1, 0.15) is 24.4 Å². The lowest BCUT2D eigenvalue weighted by Gasteiger charge is -2.26. The van der Waals surface area contributed by atoms with Crippen molar-refractivity contribution in [1.82, 2.24) is 0 Å². The Morgan fingerprint density at radius 2 is 0.519 bits per heavy atom. The smallest absolute Gasteiger partial charge is 0.311 e. The van der Waals surface area contributed by atoms with Gasteiger partial charge >= 0.3 is 23.9 Å². The SMILES string of the molecule is C[C@@H]1CC2CCC(O2)[C@H](C)C(=O)O[C@@H](C)C[C@@H]2CC[C@@H](O2)[C@@H](C)C(=O)O[C@H](C)C[C@H]2CC[C@H](O2)[C@H](C)C(=O)O[C@@H](C)C[C@@H]2CC[C@@H](O2)[C@@H](C)C(=O)O1. The quantitative estimate of drug-likeness (QED) is 0.212. The minimum atomic E-state index is -0.434. The van der Waals surface area contributed by atoms with Crippen LogP contribution >= 0.6 is 0 Å². The van der Waals surface area contributed by atoms with Crippen LogP contribution in [0.3, 0.4) is 0 Å². The van der Waals surface area contributed by atoms with E-state index in [0.717, 1.165) is 51.4 Å². The maximum atomic E-state index is 13.1. The Kier molecular flexibility index (Phi) is 14.4. The van der Waals surface area contributed by atoms with E-state index in [4.69, 9.17) is 37.9 Å². The fourth-order valence-corrected chi connectivity index (χ4v) is 8.60. The van der Waals surface area contributed by atoms with Gasteiger partial charge in [-0.1, -0.05) is 0 Å². The molecule has 0 aliphatic carbocycles. The molecular weight excluding hydrogens is 672 g/mol. The predicted molar refractivity (Wildman–Crippen MR) is 189 cm³/mol. The molecular formula is C40H64O12. The minimum absolute atomic E-state index is 0.119. The maximum absolute atomic E-state index is 13.1. The van der Waals surface area contributed by atoms with Gasteiger partial charge in [-0.05, 0) is 107 Å². The molecule has 0 radical (unpaired) electrons. The van der Waals surface area contributed by atoms with E-state index in [9.17, 15) is 19.2 Å². The fraction of sp³-hybridized carbons (Fsp3) is 0.900. The molecule has 296 valence electrons. The molecule has 2 unspecified atom stereocenters. The number of rotatable bonds is 0. The van der Waals surface area contributed by atoms with Gasteiger partial charge in [0, 0.05) is 25.7 Å². The molecule has 16 atom stereocenters. The van der Waals surface area contributed by atoms with Crippen LogP contribution in [-0.2, 0) is 57.1 Å². The highest BCUT2D eigenvalue weighted by Crippen LogP contribution is 2.34. The molecule has 5 aliphatic heterocycles. The number of carbonyl (C=O) groups excluding carboxylic acids is 4.